The van der Waals surface area contributed by atoms with Crippen LogP contribution < -0.4 is 20.5 Å². The zero-order chi connectivity index (χ0) is 49.1. The van der Waals surface area contributed by atoms with Gasteiger partial charge in [0.05, 0.1) is 54.9 Å². The van der Waals surface area contributed by atoms with Crippen LogP contribution >= 0.6 is 0 Å². The first-order valence-electron chi connectivity index (χ1n) is 20.9. The first kappa shape index (κ1) is 55.2. The largest absolute Gasteiger partial charge is 0.508 e. The average Bonchev–Trinajstić information content (AvgIpc) is 3.30. The molecule has 3 aromatic rings. The summed E-state index contributed by atoms with van der Waals surface area (Å²) >= 11 is 0. The number of nitrogens with two attached hydrogens (primary N) is 1. The monoisotopic (exact) mass is 965 g/mol. The van der Waals surface area contributed by atoms with Crippen LogP contribution in [0.2, 0.25) is 0 Å². The second-order valence-corrected chi connectivity index (χ2v) is 16.2. The lowest BCUT2D eigenvalue weighted by atomic mass is 9.86. The van der Waals surface area contributed by atoms with Crippen LogP contribution in [0.3, 0.4) is 0 Å². The Hall–Kier alpha value is -6.16. The number of aromatic nitrogens is 2. The molecular weight excluding hydrogens is 907 g/mol. The predicted molar refractivity (Wildman–Crippen MR) is 233 cm³/mol. The number of nitrogens with zero attached hydrogens (tertiary/aromatic N) is 5. The highest BCUT2D eigenvalue weighted by Crippen LogP contribution is 2.30. The van der Waals surface area contributed by atoms with Crippen molar-refractivity contribution in [3.8, 4) is 11.5 Å². The van der Waals surface area contributed by atoms with Crippen molar-refractivity contribution in [1.29, 1.82) is 0 Å². The van der Waals surface area contributed by atoms with Crippen LogP contribution in [-0.2, 0) is 48.8 Å². The standard InChI is InChI=1S/C42H59N7O17S/c1-31(38-44-22-15-23-45-38)46-39(59-28-29-62-40(50)60-24-11-5-7-13-26-64-48(52)53)36(66-35-17-10-9-16-34(35)58-4)37(43)47-67(56,57)33-20-18-32(19-21-33)42(2,3)30-63-41(51)61-25-12-6-8-14-27-65-49(54)55/h9-10,15-23,46,52-55H,1,5-8,11-14,24-30H2,2-4H3,(H2,43,47). The average molecular weight is 966 g/mol. The van der Waals surface area contributed by atoms with Crippen LogP contribution in [0.5, 0.6) is 11.5 Å². The van der Waals surface area contributed by atoms with Gasteiger partial charge in [-0.3, -0.25) is 30.5 Å². The maximum atomic E-state index is 13.8. The molecule has 67 heavy (non-hydrogen) atoms. The van der Waals surface area contributed by atoms with E-state index < -0.39 is 39.3 Å². The summed E-state index contributed by atoms with van der Waals surface area (Å²) in [6.07, 6.45) is 6.04. The second-order valence-electron chi connectivity index (χ2n) is 14.6. The number of rotatable bonds is 32. The maximum Gasteiger partial charge on any atom is 0.508 e. The van der Waals surface area contributed by atoms with Crippen molar-refractivity contribution in [1.82, 2.24) is 26.1 Å². The molecule has 0 fully saturated rings. The Bertz CT molecular complexity index is 2140. The predicted octanol–water partition coefficient (Wildman–Crippen LogP) is 5.79. The van der Waals surface area contributed by atoms with Crippen LogP contribution in [-0.4, -0.2) is 121 Å². The van der Waals surface area contributed by atoms with Gasteiger partial charge in [0.25, 0.3) is 10.0 Å². The third kappa shape index (κ3) is 21.3. The van der Waals surface area contributed by atoms with Gasteiger partial charge in [0.15, 0.2) is 23.2 Å². The molecule has 0 atom stereocenters. The number of methoxy groups -OCH3 is 1. The summed E-state index contributed by atoms with van der Waals surface area (Å²) in [5.74, 6) is -1.02. The van der Waals surface area contributed by atoms with Crippen LogP contribution in [0.25, 0.3) is 5.70 Å². The summed E-state index contributed by atoms with van der Waals surface area (Å²) < 4.78 is 69.9. The minimum absolute atomic E-state index is 0.0563. The number of para-hydroxylation sites is 2. The Morgan fingerprint density at radius 2 is 1.22 bits per heavy atom. The summed E-state index contributed by atoms with van der Waals surface area (Å²) in [5, 5.41) is 36.4. The lowest BCUT2D eigenvalue weighted by Crippen LogP contribution is -2.29. The van der Waals surface area contributed by atoms with E-state index >= 15 is 0 Å². The number of hydrogen-bond acceptors (Lipinski definition) is 22. The van der Waals surface area contributed by atoms with Crippen LogP contribution in [0.4, 0.5) is 9.59 Å². The maximum absolute atomic E-state index is 13.8. The Labute approximate surface area is 387 Å². The van der Waals surface area contributed by atoms with E-state index in [1.54, 1.807) is 50.2 Å². The molecule has 0 aliphatic carbocycles. The lowest BCUT2D eigenvalue weighted by molar-refractivity contribution is -0.492. The van der Waals surface area contributed by atoms with Gasteiger partial charge >= 0.3 is 12.3 Å². The lowest BCUT2D eigenvalue weighted by Gasteiger charge is -2.24. The molecule has 0 bridgehead atoms. The van der Waals surface area contributed by atoms with Gasteiger partial charge in [-0.15, -0.1) is 4.40 Å². The molecular formula is C42H59N7O17S. The highest BCUT2D eigenvalue weighted by molar-refractivity contribution is 7.90. The molecule has 0 saturated heterocycles. The number of ether oxygens (including phenoxy) is 7. The van der Waals surface area contributed by atoms with Crippen molar-refractivity contribution < 1.29 is 81.7 Å². The van der Waals surface area contributed by atoms with Gasteiger partial charge in [0.2, 0.25) is 11.6 Å². The number of sulfonamides is 1. The molecule has 1 heterocycles. The summed E-state index contributed by atoms with van der Waals surface area (Å²) in [7, 11) is -3.16. The van der Waals surface area contributed by atoms with Gasteiger partial charge in [-0.1, -0.05) is 57.5 Å². The first-order chi connectivity index (χ1) is 32.0. The SMILES string of the molecule is C=C(NC(OCCOC(=O)OCCCCCCON(O)O)=C(Oc1ccccc1OC)C(N)=NS(=O)(=O)c1ccc(C(C)(C)COC(=O)OCCCCCCON(O)O)cc1)c1ncccn1. The molecule has 370 valence electrons. The van der Waals surface area contributed by atoms with Crippen LogP contribution in [0.15, 0.2) is 94.5 Å². The van der Waals surface area contributed by atoms with Crippen molar-refractivity contribution in [3.63, 3.8) is 0 Å². The highest BCUT2D eigenvalue weighted by Gasteiger charge is 2.27. The zero-order valence-electron chi connectivity index (χ0n) is 37.5. The Morgan fingerprint density at radius 3 is 1.78 bits per heavy atom. The van der Waals surface area contributed by atoms with Crippen LogP contribution in [0, 0.1) is 0 Å². The van der Waals surface area contributed by atoms with Crippen molar-refractivity contribution in [3.05, 3.63) is 96.6 Å². The number of amidine groups is 1. The highest BCUT2D eigenvalue weighted by atomic mass is 32.2. The number of nitrogens with one attached hydrogen (secondary N) is 1. The summed E-state index contributed by atoms with van der Waals surface area (Å²) in [4.78, 5) is 41.7. The van der Waals surface area contributed by atoms with E-state index in [0.29, 0.717) is 56.9 Å². The van der Waals surface area contributed by atoms with E-state index in [1.165, 1.54) is 37.7 Å². The minimum atomic E-state index is -4.56. The fourth-order valence-electron chi connectivity index (χ4n) is 5.53. The number of unbranched alkanes of at least 4 members (excludes halogenated alkanes) is 6. The topological polar surface area (TPSA) is 315 Å². The van der Waals surface area contributed by atoms with Crippen molar-refractivity contribution in [2.45, 2.75) is 75.5 Å². The zero-order valence-corrected chi connectivity index (χ0v) is 38.3. The summed E-state index contributed by atoms with van der Waals surface area (Å²) in [6, 6.07) is 13.7. The minimum Gasteiger partial charge on any atom is -0.493 e. The van der Waals surface area contributed by atoms with Crippen LogP contribution in [0.1, 0.15) is 76.6 Å². The molecule has 0 spiro atoms. The Balaban J connectivity index is 1.78. The molecule has 24 nitrogen and oxygen atoms in total. The Kier molecular flexibility index (Phi) is 24.3. The van der Waals surface area contributed by atoms with E-state index in [2.05, 4.69) is 35.9 Å². The number of hydrogen-bond donors (Lipinski definition) is 6. The van der Waals surface area contributed by atoms with Gasteiger partial charge in [0.1, 0.15) is 19.8 Å². The molecule has 0 amide bonds. The first-order valence-corrected chi connectivity index (χ1v) is 22.3. The second kappa shape index (κ2) is 29.5. The van der Waals surface area contributed by atoms with Crippen molar-refractivity contribution in [2.75, 3.05) is 53.4 Å². The fraction of sp³-hybridized carbons (Fsp3) is 0.452. The van der Waals surface area contributed by atoms with Crippen molar-refractivity contribution in [2.24, 2.45) is 10.1 Å². The normalized spacial score (nSPS) is 12.3. The van der Waals surface area contributed by atoms with E-state index in [1.807, 2.05) is 0 Å². The van der Waals surface area contributed by atoms with Gasteiger partial charge in [-0.2, -0.15) is 8.42 Å². The van der Waals surface area contributed by atoms with Crippen molar-refractivity contribution >= 4 is 33.9 Å². The molecule has 7 N–H and O–H groups in total. The van der Waals surface area contributed by atoms with Gasteiger partial charge in [-0.25, -0.2) is 19.6 Å². The molecule has 1 aromatic heterocycles. The molecule has 2 aromatic carbocycles. The third-order valence-electron chi connectivity index (χ3n) is 9.00. The molecule has 0 radical (unpaired) electrons. The Morgan fingerprint density at radius 1 is 0.716 bits per heavy atom. The fourth-order valence-corrected chi connectivity index (χ4v) is 6.46. The molecule has 3 rings (SSSR count). The van der Waals surface area contributed by atoms with E-state index in [9.17, 15) is 18.0 Å². The number of benzene rings is 2. The van der Waals surface area contributed by atoms with Gasteiger partial charge < -0.3 is 44.2 Å². The summed E-state index contributed by atoms with van der Waals surface area (Å²) in [6.45, 7) is 7.15. The summed E-state index contributed by atoms with van der Waals surface area (Å²) in [5.41, 5.74) is 6.38. The van der Waals surface area contributed by atoms with Gasteiger partial charge in [-0.05, 0) is 74.4 Å². The third-order valence-corrected chi connectivity index (χ3v) is 10.3. The van der Waals surface area contributed by atoms with E-state index in [4.69, 9.17) is 59.7 Å². The van der Waals surface area contributed by atoms with E-state index in [0.717, 1.165) is 0 Å². The number of carbonyl (C=O) groups is 2. The molecule has 0 aliphatic rings. The molecule has 0 saturated carbocycles. The molecule has 25 heteroatoms. The molecule has 0 unspecified atom stereocenters. The quantitative estimate of drug-likeness (QED) is 0.0108. The van der Waals surface area contributed by atoms with E-state index in [-0.39, 0.29) is 90.8 Å². The smallest absolute Gasteiger partial charge is 0.493 e. The molecule has 0 aliphatic heterocycles. The number of carbonyl (C=O) groups excluding carboxylic acids is 2. The van der Waals surface area contributed by atoms with Gasteiger partial charge in [0, 0.05) is 17.8 Å².